The molecule has 3 N–H and O–H groups in total. The van der Waals surface area contributed by atoms with Crippen LogP contribution in [0.15, 0.2) is 52.0 Å². The second-order valence-electron chi connectivity index (χ2n) is 3.42. The number of nitrogens with zero attached hydrogens (tertiary/aromatic N) is 1. The maximum absolute atomic E-state index is 5.35. The van der Waals surface area contributed by atoms with E-state index in [9.17, 15) is 0 Å². The second kappa shape index (κ2) is 6.05. The first-order valence-corrected chi connectivity index (χ1v) is 6.86. The van der Waals surface area contributed by atoms with Crippen molar-refractivity contribution in [3.63, 3.8) is 0 Å². The molecule has 17 heavy (non-hydrogen) atoms. The SMILES string of the molecule is NNc1ccnc(CSc2ccc(Br)cc2)c1. The number of thioether (sulfide) groups is 1. The van der Waals surface area contributed by atoms with Crippen molar-refractivity contribution in [3.05, 3.63) is 52.8 Å². The third-order valence-electron chi connectivity index (χ3n) is 2.18. The third kappa shape index (κ3) is 3.73. The van der Waals surface area contributed by atoms with Gasteiger partial charge in [0.1, 0.15) is 0 Å². The normalized spacial score (nSPS) is 10.2. The van der Waals surface area contributed by atoms with Crippen molar-refractivity contribution < 1.29 is 0 Å². The predicted molar refractivity (Wildman–Crippen MR) is 75.8 cm³/mol. The van der Waals surface area contributed by atoms with Crippen LogP contribution < -0.4 is 11.3 Å². The number of rotatable bonds is 4. The number of anilines is 1. The molecule has 1 aromatic heterocycles. The number of hydrogen-bond donors (Lipinski definition) is 2. The lowest BCUT2D eigenvalue weighted by Gasteiger charge is -2.04. The van der Waals surface area contributed by atoms with E-state index in [4.69, 9.17) is 5.84 Å². The van der Waals surface area contributed by atoms with Gasteiger partial charge in [-0.05, 0) is 36.4 Å². The van der Waals surface area contributed by atoms with Gasteiger partial charge < -0.3 is 5.43 Å². The van der Waals surface area contributed by atoms with Crippen LogP contribution in [0.4, 0.5) is 5.69 Å². The van der Waals surface area contributed by atoms with Crippen LogP contribution in [0.3, 0.4) is 0 Å². The molecule has 0 bridgehead atoms. The van der Waals surface area contributed by atoms with Gasteiger partial charge in [-0.25, -0.2) is 0 Å². The van der Waals surface area contributed by atoms with E-state index in [1.807, 2.05) is 24.3 Å². The summed E-state index contributed by atoms with van der Waals surface area (Å²) in [5.74, 6) is 6.18. The van der Waals surface area contributed by atoms with E-state index in [1.54, 1.807) is 18.0 Å². The topological polar surface area (TPSA) is 50.9 Å². The van der Waals surface area contributed by atoms with Crippen LogP contribution in [0.5, 0.6) is 0 Å². The minimum Gasteiger partial charge on any atom is -0.324 e. The van der Waals surface area contributed by atoms with Gasteiger partial charge in [0.15, 0.2) is 0 Å². The molecule has 0 radical (unpaired) electrons. The number of hydrogen-bond acceptors (Lipinski definition) is 4. The number of benzene rings is 1. The van der Waals surface area contributed by atoms with E-state index in [1.165, 1.54) is 4.90 Å². The van der Waals surface area contributed by atoms with Gasteiger partial charge in [-0.1, -0.05) is 15.9 Å². The molecule has 0 aliphatic rings. The highest BCUT2D eigenvalue weighted by Gasteiger charge is 1.99. The smallest absolute Gasteiger partial charge is 0.0527 e. The Hall–Kier alpha value is -1.04. The molecule has 2 aromatic rings. The largest absolute Gasteiger partial charge is 0.324 e. The van der Waals surface area contributed by atoms with Crippen LogP contribution in [0.25, 0.3) is 0 Å². The van der Waals surface area contributed by atoms with Crippen LogP contribution in [0.1, 0.15) is 5.69 Å². The fraction of sp³-hybridized carbons (Fsp3) is 0.0833. The zero-order valence-electron chi connectivity index (χ0n) is 9.06. The van der Waals surface area contributed by atoms with Crippen LogP contribution in [0.2, 0.25) is 0 Å². The molecule has 0 aliphatic carbocycles. The average molecular weight is 310 g/mol. The zero-order chi connectivity index (χ0) is 12.1. The van der Waals surface area contributed by atoms with E-state index in [2.05, 4.69) is 38.5 Å². The molecule has 1 heterocycles. The first-order chi connectivity index (χ1) is 8.28. The first-order valence-electron chi connectivity index (χ1n) is 5.08. The van der Waals surface area contributed by atoms with Gasteiger partial charge in [-0.2, -0.15) is 0 Å². The van der Waals surface area contributed by atoms with Crippen LogP contribution in [0, 0.1) is 0 Å². The van der Waals surface area contributed by atoms with Crippen molar-refractivity contribution in [1.29, 1.82) is 0 Å². The fourth-order valence-electron chi connectivity index (χ4n) is 1.33. The van der Waals surface area contributed by atoms with Crippen molar-refractivity contribution in [1.82, 2.24) is 4.98 Å². The monoisotopic (exact) mass is 309 g/mol. The van der Waals surface area contributed by atoms with E-state index < -0.39 is 0 Å². The first kappa shape index (κ1) is 12.4. The highest BCUT2D eigenvalue weighted by molar-refractivity contribution is 9.10. The lowest BCUT2D eigenvalue weighted by atomic mass is 10.3. The minimum atomic E-state index is 0.831. The Bertz CT molecular complexity index is 487. The quantitative estimate of drug-likeness (QED) is 0.516. The molecule has 0 amide bonds. The lowest BCUT2D eigenvalue weighted by molar-refractivity contribution is 1.16. The van der Waals surface area contributed by atoms with Gasteiger partial charge in [0.25, 0.3) is 0 Å². The molecule has 0 unspecified atom stereocenters. The number of halogens is 1. The molecular formula is C12H12BrN3S. The standard InChI is InChI=1S/C12H12BrN3S/c13-9-1-3-12(4-2-9)17-8-11-7-10(16-14)5-6-15-11/h1-7H,8,14H2,(H,15,16). The Kier molecular flexibility index (Phi) is 4.42. The number of nitrogens with one attached hydrogen (secondary N) is 1. The Balaban J connectivity index is 1.99. The third-order valence-corrected chi connectivity index (χ3v) is 3.76. The van der Waals surface area contributed by atoms with E-state index in [0.29, 0.717) is 0 Å². The maximum Gasteiger partial charge on any atom is 0.0527 e. The molecule has 5 heteroatoms. The van der Waals surface area contributed by atoms with Crippen molar-refractivity contribution in [2.75, 3.05) is 5.43 Å². The summed E-state index contributed by atoms with van der Waals surface area (Å²) in [6.07, 6.45) is 1.76. The molecular weight excluding hydrogens is 298 g/mol. The Labute approximate surface area is 113 Å². The summed E-state index contributed by atoms with van der Waals surface area (Å²) < 4.78 is 1.09. The fourth-order valence-corrected chi connectivity index (χ4v) is 2.40. The zero-order valence-corrected chi connectivity index (χ0v) is 11.5. The van der Waals surface area contributed by atoms with E-state index in [0.717, 1.165) is 21.6 Å². The minimum absolute atomic E-state index is 0.831. The molecule has 3 nitrogen and oxygen atoms in total. The van der Waals surface area contributed by atoms with Crippen molar-refractivity contribution >= 4 is 33.4 Å². The van der Waals surface area contributed by atoms with Gasteiger partial charge >= 0.3 is 0 Å². The van der Waals surface area contributed by atoms with E-state index >= 15 is 0 Å². The average Bonchev–Trinajstić information content (AvgIpc) is 2.38. The Morgan fingerprint density at radius 1 is 1.24 bits per heavy atom. The summed E-state index contributed by atoms with van der Waals surface area (Å²) in [5.41, 5.74) is 4.51. The number of hydrazine groups is 1. The lowest BCUT2D eigenvalue weighted by Crippen LogP contribution is -2.07. The second-order valence-corrected chi connectivity index (χ2v) is 5.39. The van der Waals surface area contributed by atoms with Gasteiger partial charge in [-0.3, -0.25) is 10.8 Å². The Morgan fingerprint density at radius 3 is 2.71 bits per heavy atom. The maximum atomic E-state index is 5.35. The molecule has 1 aromatic carbocycles. The number of aromatic nitrogens is 1. The molecule has 0 spiro atoms. The summed E-state index contributed by atoms with van der Waals surface area (Å²) in [4.78, 5) is 5.52. The van der Waals surface area contributed by atoms with Gasteiger partial charge in [0, 0.05) is 21.3 Å². The van der Waals surface area contributed by atoms with Crippen LogP contribution in [-0.2, 0) is 5.75 Å². The molecule has 2 rings (SSSR count). The van der Waals surface area contributed by atoms with Gasteiger partial charge in [0.2, 0.25) is 0 Å². The Morgan fingerprint density at radius 2 is 2.00 bits per heavy atom. The molecule has 0 saturated carbocycles. The van der Waals surface area contributed by atoms with Crippen molar-refractivity contribution in [2.24, 2.45) is 5.84 Å². The number of nitrogens with two attached hydrogens (primary N) is 1. The predicted octanol–water partition coefficient (Wildman–Crippen LogP) is 3.42. The van der Waals surface area contributed by atoms with Crippen LogP contribution >= 0.6 is 27.7 Å². The van der Waals surface area contributed by atoms with Crippen molar-refractivity contribution in [2.45, 2.75) is 10.6 Å². The summed E-state index contributed by atoms with van der Waals surface area (Å²) >= 11 is 5.17. The molecule has 88 valence electrons. The number of nitrogen functional groups attached to an aromatic ring is 1. The highest BCUT2D eigenvalue weighted by atomic mass is 79.9. The summed E-state index contributed by atoms with van der Waals surface area (Å²) in [6.45, 7) is 0. The van der Waals surface area contributed by atoms with Crippen molar-refractivity contribution in [3.8, 4) is 0 Å². The number of pyridine rings is 1. The van der Waals surface area contributed by atoms with Gasteiger partial charge in [-0.15, -0.1) is 11.8 Å². The van der Waals surface area contributed by atoms with Gasteiger partial charge in [0.05, 0.1) is 11.4 Å². The van der Waals surface area contributed by atoms with Crippen LogP contribution in [-0.4, -0.2) is 4.98 Å². The molecule has 0 aliphatic heterocycles. The summed E-state index contributed by atoms with van der Waals surface area (Å²) in [6, 6.07) is 12.0. The van der Waals surface area contributed by atoms with E-state index in [-0.39, 0.29) is 0 Å². The molecule has 0 atom stereocenters. The summed E-state index contributed by atoms with van der Waals surface area (Å²) in [5, 5.41) is 0. The molecule has 0 saturated heterocycles. The molecule has 0 fully saturated rings. The summed E-state index contributed by atoms with van der Waals surface area (Å²) in [7, 11) is 0. The highest BCUT2D eigenvalue weighted by Crippen LogP contribution is 2.24.